The molecule has 0 bridgehead atoms. The number of aryl methyl sites for hydroxylation is 1. The Morgan fingerprint density at radius 3 is 2.71 bits per heavy atom. The molecule has 2 rings (SSSR count). The zero-order chi connectivity index (χ0) is 12.3. The zero-order valence-corrected chi connectivity index (χ0v) is 10.6. The van der Waals surface area contributed by atoms with Gasteiger partial charge in [-0.1, -0.05) is 6.07 Å². The summed E-state index contributed by atoms with van der Waals surface area (Å²) in [6, 6.07) is 6.50. The van der Waals surface area contributed by atoms with Crippen LogP contribution in [0.25, 0.3) is 0 Å². The van der Waals surface area contributed by atoms with Gasteiger partial charge in [-0.2, -0.15) is 0 Å². The van der Waals surface area contributed by atoms with Crippen LogP contribution in [0.1, 0.15) is 18.5 Å². The van der Waals surface area contributed by atoms with E-state index in [9.17, 15) is 5.02 Å². The minimum atomic E-state index is -0.326. The van der Waals surface area contributed by atoms with Crippen molar-refractivity contribution in [3.63, 3.8) is 0 Å². The van der Waals surface area contributed by atoms with Crippen LogP contribution in [0.5, 0.6) is 0 Å². The molecule has 0 amide bonds. The van der Waals surface area contributed by atoms with Crippen LogP contribution in [-0.2, 0) is 0 Å². The van der Waals surface area contributed by atoms with Gasteiger partial charge in [-0.15, -0.1) is 0 Å². The summed E-state index contributed by atoms with van der Waals surface area (Å²) in [5.41, 5.74) is 1.04. The molecule has 2 heterocycles. The van der Waals surface area contributed by atoms with Crippen LogP contribution in [0, 0.1) is 6.92 Å². The molecule has 0 spiro atoms. The quantitative estimate of drug-likeness (QED) is 0.774. The molecule has 0 aliphatic carbocycles. The molecule has 0 radical (unpaired) electrons. The van der Waals surface area contributed by atoms with Gasteiger partial charge in [0.1, 0.15) is 5.82 Å². The molecule has 1 aliphatic heterocycles. The number of rotatable bonds is 3. The predicted octanol–water partition coefficient (Wildman–Crippen LogP) is 1.38. The highest BCUT2D eigenvalue weighted by atomic mass is 16.2. The van der Waals surface area contributed by atoms with Gasteiger partial charge in [0.15, 0.2) is 0 Å². The first kappa shape index (κ1) is 12.4. The molecule has 2 N–H and O–H groups in total. The molecule has 1 aromatic rings. The number of piperidine rings is 1. The minimum absolute atomic E-state index is 0.326. The third kappa shape index (κ3) is 3.44. The number of nitrogens with zero attached hydrogens (tertiary/aromatic N) is 2. The Morgan fingerprint density at radius 1 is 1.41 bits per heavy atom. The van der Waals surface area contributed by atoms with Gasteiger partial charge in [-0.05, 0) is 51.8 Å². The first-order chi connectivity index (χ1) is 8.15. The second kappa shape index (κ2) is 5.51. The van der Waals surface area contributed by atoms with Gasteiger partial charge in [0.25, 0.3) is 0 Å². The van der Waals surface area contributed by atoms with Crippen LogP contribution in [0.3, 0.4) is 0 Å². The van der Waals surface area contributed by atoms with Crippen molar-refractivity contribution in [3.05, 3.63) is 23.9 Å². The Balaban J connectivity index is 1.86. The maximum absolute atomic E-state index is 9.48. The molecular weight excluding hydrogens is 213 g/mol. The molecule has 0 aromatic carbocycles. The molecule has 92 valence electrons. The number of hydrogen-bond donors (Lipinski definition) is 2. The number of nitrogens with one attached hydrogen (secondary N) is 1. The highest BCUT2D eigenvalue weighted by molar-refractivity contribution is 6.45. The van der Waals surface area contributed by atoms with Gasteiger partial charge in [0.05, 0.1) is 0 Å². The van der Waals surface area contributed by atoms with Crippen LogP contribution in [0.15, 0.2) is 18.2 Å². The fourth-order valence-electron chi connectivity index (χ4n) is 2.25. The standard InChI is InChI=1S/C12H20BN3O/c1-10-4-3-5-12(14-10)15-11-6-8-16(9-7-11)13(2)17/h3-5,11,17H,6-9H2,1-2H3,(H,14,15). The number of aromatic nitrogens is 1. The molecule has 0 unspecified atom stereocenters. The fourth-order valence-corrected chi connectivity index (χ4v) is 2.25. The molecule has 1 aliphatic rings. The summed E-state index contributed by atoms with van der Waals surface area (Å²) < 4.78 is 0. The number of anilines is 1. The van der Waals surface area contributed by atoms with Gasteiger partial charge < -0.3 is 15.2 Å². The van der Waals surface area contributed by atoms with Crippen molar-refractivity contribution in [2.24, 2.45) is 0 Å². The van der Waals surface area contributed by atoms with Crippen LogP contribution in [-0.4, -0.2) is 41.0 Å². The Labute approximate surface area is 103 Å². The van der Waals surface area contributed by atoms with Crippen molar-refractivity contribution in [1.82, 2.24) is 9.79 Å². The second-order valence-electron chi connectivity index (χ2n) is 4.75. The molecule has 1 aromatic heterocycles. The summed E-state index contributed by atoms with van der Waals surface area (Å²) in [4.78, 5) is 6.55. The van der Waals surface area contributed by atoms with Crippen LogP contribution in [0.4, 0.5) is 5.82 Å². The topological polar surface area (TPSA) is 48.4 Å². The first-order valence-corrected chi connectivity index (χ1v) is 6.27. The molecule has 4 nitrogen and oxygen atoms in total. The van der Waals surface area contributed by atoms with Crippen molar-refractivity contribution in [3.8, 4) is 0 Å². The predicted molar refractivity (Wildman–Crippen MR) is 71.0 cm³/mol. The van der Waals surface area contributed by atoms with Gasteiger partial charge >= 0.3 is 7.05 Å². The van der Waals surface area contributed by atoms with E-state index < -0.39 is 0 Å². The van der Waals surface area contributed by atoms with E-state index in [0.29, 0.717) is 6.04 Å². The second-order valence-corrected chi connectivity index (χ2v) is 4.75. The van der Waals surface area contributed by atoms with Gasteiger partial charge in [-0.3, -0.25) is 0 Å². The zero-order valence-electron chi connectivity index (χ0n) is 10.6. The van der Waals surface area contributed by atoms with Crippen LogP contribution < -0.4 is 5.32 Å². The maximum atomic E-state index is 9.48. The average Bonchev–Trinajstić information content (AvgIpc) is 2.29. The Kier molecular flexibility index (Phi) is 4.02. The minimum Gasteiger partial charge on any atom is -0.437 e. The third-order valence-electron chi connectivity index (χ3n) is 3.30. The smallest absolute Gasteiger partial charge is 0.376 e. The van der Waals surface area contributed by atoms with Crippen molar-refractivity contribution in [2.45, 2.75) is 32.6 Å². The van der Waals surface area contributed by atoms with E-state index in [1.807, 2.05) is 31.9 Å². The van der Waals surface area contributed by atoms with Crippen molar-refractivity contribution < 1.29 is 5.02 Å². The molecule has 1 fully saturated rings. The van der Waals surface area contributed by atoms with Crippen molar-refractivity contribution in [2.75, 3.05) is 18.4 Å². The lowest BCUT2D eigenvalue weighted by atomic mass is 9.82. The van der Waals surface area contributed by atoms with E-state index in [4.69, 9.17) is 0 Å². The van der Waals surface area contributed by atoms with Gasteiger partial charge in [0, 0.05) is 11.7 Å². The summed E-state index contributed by atoms with van der Waals surface area (Å²) in [6.45, 7) is 5.72. The first-order valence-electron chi connectivity index (χ1n) is 6.27. The third-order valence-corrected chi connectivity index (χ3v) is 3.30. The van der Waals surface area contributed by atoms with Gasteiger partial charge in [-0.25, -0.2) is 4.98 Å². The highest BCUT2D eigenvalue weighted by Crippen LogP contribution is 2.15. The van der Waals surface area contributed by atoms with E-state index in [1.165, 1.54) is 0 Å². The summed E-state index contributed by atoms with van der Waals surface area (Å²) in [5.74, 6) is 0.959. The summed E-state index contributed by atoms with van der Waals surface area (Å²) in [6.07, 6.45) is 2.11. The average molecular weight is 233 g/mol. The number of hydrogen-bond acceptors (Lipinski definition) is 4. The van der Waals surface area contributed by atoms with Crippen LogP contribution >= 0.6 is 0 Å². The fraction of sp³-hybridized carbons (Fsp3) is 0.583. The van der Waals surface area contributed by atoms with Crippen molar-refractivity contribution >= 4 is 12.9 Å². The lowest BCUT2D eigenvalue weighted by Crippen LogP contribution is -2.45. The normalized spacial score (nSPS) is 18.1. The molecule has 0 atom stereocenters. The summed E-state index contributed by atoms with van der Waals surface area (Å²) >= 11 is 0. The van der Waals surface area contributed by atoms with E-state index in [-0.39, 0.29) is 7.05 Å². The molecule has 1 saturated heterocycles. The highest BCUT2D eigenvalue weighted by Gasteiger charge is 2.23. The molecular formula is C12H20BN3O. The Bertz CT molecular complexity index is 365. The SMILES string of the molecule is CB(O)N1CCC(Nc2cccc(C)n2)CC1. The lowest BCUT2D eigenvalue weighted by Gasteiger charge is -2.33. The summed E-state index contributed by atoms with van der Waals surface area (Å²) in [5, 5.41) is 12.9. The lowest BCUT2D eigenvalue weighted by molar-refractivity contribution is 0.298. The van der Waals surface area contributed by atoms with E-state index in [0.717, 1.165) is 37.4 Å². The van der Waals surface area contributed by atoms with E-state index in [1.54, 1.807) is 0 Å². The molecule has 5 heteroatoms. The molecule has 0 saturated carbocycles. The summed E-state index contributed by atoms with van der Waals surface area (Å²) in [7, 11) is -0.326. The largest absolute Gasteiger partial charge is 0.437 e. The Hall–Kier alpha value is -1.07. The maximum Gasteiger partial charge on any atom is 0.376 e. The van der Waals surface area contributed by atoms with Crippen LogP contribution in [0.2, 0.25) is 6.82 Å². The van der Waals surface area contributed by atoms with Gasteiger partial charge in [0.2, 0.25) is 0 Å². The monoisotopic (exact) mass is 233 g/mol. The van der Waals surface area contributed by atoms with E-state index in [2.05, 4.69) is 15.1 Å². The molecule has 17 heavy (non-hydrogen) atoms. The van der Waals surface area contributed by atoms with E-state index >= 15 is 0 Å². The van der Waals surface area contributed by atoms with Crippen molar-refractivity contribution in [1.29, 1.82) is 0 Å². The Morgan fingerprint density at radius 2 is 2.12 bits per heavy atom. The number of pyridine rings is 1.